The maximum atomic E-state index is 13.6. The Morgan fingerprint density at radius 3 is 2.88 bits per heavy atom. The Morgan fingerprint density at radius 2 is 1.97 bits per heavy atom. The number of likely N-dealkylation sites (tertiary alicyclic amines) is 1. The third-order valence-electron chi connectivity index (χ3n) is 7.00. The molecule has 2 aromatic heterocycles. The van der Waals surface area contributed by atoms with E-state index in [0.29, 0.717) is 48.4 Å². The smallest absolute Gasteiger partial charge is 0.270 e. The fourth-order valence-corrected chi connectivity index (χ4v) is 5.45. The number of carbonyl (C=O) groups is 2. The summed E-state index contributed by atoms with van der Waals surface area (Å²) in [5.74, 6) is -0.221. The Hall–Kier alpha value is -3.39. The van der Waals surface area contributed by atoms with E-state index in [1.807, 2.05) is 24.4 Å². The number of morpholine rings is 1. The summed E-state index contributed by atoms with van der Waals surface area (Å²) in [7, 11) is 0. The molecule has 0 saturated carbocycles. The van der Waals surface area contributed by atoms with Crippen LogP contribution in [0.25, 0.3) is 10.9 Å². The van der Waals surface area contributed by atoms with Crippen molar-refractivity contribution in [1.82, 2.24) is 19.8 Å². The van der Waals surface area contributed by atoms with Gasteiger partial charge in [-0.25, -0.2) is 0 Å². The topological polar surface area (TPSA) is 98.5 Å². The highest BCUT2D eigenvalue weighted by Crippen LogP contribution is 2.30. The highest BCUT2D eigenvalue weighted by Gasteiger charge is 2.44. The van der Waals surface area contributed by atoms with Crippen molar-refractivity contribution in [2.45, 2.75) is 31.4 Å². The van der Waals surface area contributed by atoms with Crippen LogP contribution in [-0.2, 0) is 17.6 Å². The monoisotopic (exact) mass is 432 g/mol. The first-order valence-electron chi connectivity index (χ1n) is 11.1. The van der Waals surface area contributed by atoms with Gasteiger partial charge in [0.1, 0.15) is 5.69 Å². The minimum absolute atomic E-state index is 0.0276. The number of fused-ring (bicyclic) bond motifs is 3. The van der Waals surface area contributed by atoms with Crippen LogP contribution in [0.4, 0.5) is 0 Å². The van der Waals surface area contributed by atoms with E-state index in [1.54, 1.807) is 15.9 Å². The van der Waals surface area contributed by atoms with Gasteiger partial charge in [0.15, 0.2) is 0 Å². The van der Waals surface area contributed by atoms with Crippen LogP contribution in [0.5, 0.6) is 0 Å². The Kier molecular flexibility index (Phi) is 4.43. The lowest BCUT2D eigenvalue weighted by atomic mass is 10.0. The van der Waals surface area contributed by atoms with Crippen molar-refractivity contribution in [3.63, 3.8) is 0 Å². The molecule has 2 amide bonds. The second-order valence-corrected chi connectivity index (χ2v) is 8.80. The van der Waals surface area contributed by atoms with Crippen molar-refractivity contribution in [3.05, 3.63) is 69.3 Å². The highest BCUT2D eigenvalue weighted by molar-refractivity contribution is 6.06. The molecule has 2 atom stereocenters. The van der Waals surface area contributed by atoms with E-state index in [4.69, 9.17) is 4.74 Å². The molecule has 0 bridgehead atoms. The van der Waals surface area contributed by atoms with Crippen LogP contribution >= 0.6 is 0 Å². The Morgan fingerprint density at radius 1 is 1.09 bits per heavy atom. The van der Waals surface area contributed by atoms with Gasteiger partial charge < -0.3 is 24.5 Å². The maximum Gasteiger partial charge on any atom is 0.270 e. The number of carbonyl (C=O) groups excluding carboxylic acids is 2. The molecule has 1 aromatic carbocycles. The van der Waals surface area contributed by atoms with Gasteiger partial charge in [0, 0.05) is 42.8 Å². The summed E-state index contributed by atoms with van der Waals surface area (Å²) < 4.78 is 5.95. The lowest BCUT2D eigenvalue weighted by Crippen LogP contribution is -2.53. The normalized spacial score (nSPS) is 22.2. The Balaban J connectivity index is 1.29. The van der Waals surface area contributed by atoms with Gasteiger partial charge in [-0.15, -0.1) is 0 Å². The van der Waals surface area contributed by atoms with Crippen molar-refractivity contribution in [2.75, 3.05) is 26.2 Å². The van der Waals surface area contributed by atoms with Gasteiger partial charge in [-0.05, 0) is 36.5 Å². The fourth-order valence-electron chi connectivity index (χ4n) is 5.45. The molecule has 3 aliphatic rings. The highest BCUT2D eigenvalue weighted by atomic mass is 16.5. The van der Waals surface area contributed by atoms with E-state index in [0.717, 1.165) is 24.8 Å². The summed E-state index contributed by atoms with van der Waals surface area (Å²) in [5, 5.41) is 0.716. The van der Waals surface area contributed by atoms with Gasteiger partial charge in [-0.3, -0.25) is 14.4 Å². The summed E-state index contributed by atoms with van der Waals surface area (Å²) >= 11 is 0. The van der Waals surface area contributed by atoms with Crippen LogP contribution in [0, 0.1) is 0 Å². The molecule has 8 nitrogen and oxygen atoms in total. The summed E-state index contributed by atoms with van der Waals surface area (Å²) in [6, 6.07) is 8.45. The van der Waals surface area contributed by atoms with Crippen LogP contribution in [0.15, 0.2) is 41.3 Å². The van der Waals surface area contributed by atoms with Gasteiger partial charge in [0.2, 0.25) is 5.56 Å². The largest absolute Gasteiger partial charge is 0.372 e. The van der Waals surface area contributed by atoms with Crippen molar-refractivity contribution < 1.29 is 14.3 Å². The third kappa shape index (κ3) is 2.97. The van der Waals surface area contributed by atoms with E-state index in [2.05, 4.69) is 9.97 Å². The molecule has 2 N–H and O–H groups in total. The van der Waals surface area contributed by atoms with E-state index in [9.17, 15) is 14.4 Å². The molecule has 32 heavy (non-hydrogen) atoms. The number of hydrogen-bond acceptors (Lipinski definition) is 4. The van der Waals surface area contributed by atoms with E-state index in [1.165, 1.54) is 11.6 Å². The molecule has 2 fully saturated rings. The van der Waals surface area contributed by atoms with Gasteiger partial charge in [0.25, 0.3) is 11.8 Å². The second-order valence-electron chi connectivity index (χ2n) is 8.80. The van der Waals surface area contributed by atoms with E-state index < -0.39 is 0 Å². The number of para-hydroxylation sites is 1. The Bertz CT molecular complexity index is 1290. The number of ether oxygens (including phenoxy) is 1. The molecule has 2 aliphatic heterocycles. The summed E-state index contributed by atoms with van der Waals surface area (Å²) in [5.41, 5.74) is 3.76. The number of hydrogen-bond donors (Lipinski definition) is 2. The molecule has 164 valence electrons. The molecule has 8 heteroatoms. The average Bonchev–Trinajstić information content (AvgIpc) is 3.52. The van der Waals surface area contributed by atoms with E-state index >= 15 is 0 Å². The molecule has 4 heterocycles. The number of aromatic amines is 2. The molecule has 0 spiro atoms. The third-order valence-corrected chi connectivity index (χ3v) is 7.00. The predicted molar refractivity (Wildman–Crippen MR) is 118 cm³/mol. The zero-order valence-corrected chi connectivity index (χ0v) is 17.6. The van der Waals surface area contributed by atoms with Gasteiger partial charge >= 0.3 is 0 Å². The number of nitrogens with zero attached hydrogens (tertiary/aromatic N) is 2. The number of pyridine rings is 1. The van der Waals surface area contributed by atoms with Crippen molar-refractivity contribution >= 4 is 22.7 Å². The minimum Gasteiger partial charge on any atom is -0.372 e. The van der Waals surface area contributed by atoms with Gasteiger partial charge in [-0.1, -0.05) is 18.2 Å². The molecule has 0 unspecified atom stereocenters. The summed E-state index contributed by atoms with van der Waals surface area (Å²) in [6.07, 6.45) is 4.74. The number of aryl methyl sites for hydroxylation is 1. The van der Waals surface area contributed by atoms with Crippen molar-refractivity contribution in [3.8, 4) is 0 Å². The first kappa shape index (κ1) is 19.3. The standard InChI is InChI=1S/C24H24N4O4/c29-21-10-17(16-5-1-2-7-18(16)26-21)23(30)28-8-9-32-20-13-27(12-19(20)28)24(31)22-15-6-3-4-14(15)11-25-22/h1-2,5,7,10-11,19-20,25H,3-4,6,8-9,12-13H2,(H,26,29)/t19-,20-/m1/s1. The fraction of sp³-hybridized carbons (Fsp3) is 0.375. The molecular formula is C24H24N4O4. The van der Waals surface area contributed by atoms with Crippen molar-refractivity contribution in [1.29, 1.82) is 0 Å². The molecular weight excluding hydrogens is 408 g/mol. The number of nitrogens with one attached hydrogen (secondary N) is 2. The number of H-pyrrole nitrogens is 2. The van der Waals surface area contributed by atoms with Crippen molar-refractivity contribution in [2.24, 2.45) is 0 Å². The molecule has 6 rings (SSSR count). The lowest BCUT2D eigenvalue weighted by Gasteiger charge is -2.36. The van der Waals surface area contributed by atoms with Crippen LogP contribution < -0.4 is 5.56 Å². The molecule has 1 aliphatic carbocycles. The number of benzene rings is 1. The number of aromatic nitrogens is 2. The van der Waals surface area contributed by atoms with Crippen LogP contribution in [0.2, 0.25) is 0 Å². The second kappa shape index (κ2) is 7.34. The van der Waals surface area contributed by atoms with Gasteiger partial charge in [0.05, 0.1) is 24.3 Å². The maximum absolute atomic E-state index is 13.6. The first-order chi connectivity index (χ1) is 15.6. The lowest BCUT2D eigenvalue weighted by molar-refractivity contribution is -0.0368. The van der Waals surface area contributed by atoms with Crippen LogP contribution in [0.3, 0.4) is 0 Å². The number of amides is 2. The number of rotatable bonds is 2. The summed E-state index contributed by atoms with van der Waals surface area (Å²) in [4.78, 5) is 48.5. The van der Waals surface area contributed by atoms with E-state index in [-0.39, 0.29) is 29.5 Å². The quantitative estimate of drug-likeness (QED) is 0.644. The predicted octanol–water partition coefficient (Wildman–Crippen LogP) is 1.71. The first-order valence-corrected chi connectivity index (χ1v) is 11.1. The Labute approximate surface area is 184 Å². The minimum atomic E-state index is -0.305. The molecule has 2 saturated heterocycles. The SMILES string of the molecule is O=C(c1[nH]cc2c1CCC2)N1C[C@@H]2[C@@H](C1)OCCN2C(=O)c1cc(=O)[nH]c2ccccc12. The molecule has 0 radical (unpaired) electrons. The van der Waals surface area contributed by atoms with Gasteiger partial charge in [-0.2, -0.15) is 0 Å². The zero-order valence-electron chi connectivity index (χ0n) is 17.6. The van der Waals surface area contributed by atoms with Crippen LogP contribution in [0.1, 0.15) is 38.4 Å². The zero-order chi connectivity index (χ0) is 21.8. The summed E-state index contributed by atoms with van der Waals surface area (Å²) in [6.45, 7) is 1.72. The molecule has 3 aromatic rings. The average molecular weight is 432 g/mol. The van der Waals surface area contributed by atoms with Crippen LogP contribution in [-0.4, -0.2) is 70.0 Å².